The minimum Gasteiger partial charge on any atom is -0.489 e. The Morgan fingerprint density at radius 2 is 2.17 bits per heavy atom. The molecule has 1 unspecified atom stereocenters. The predicted molar refractivity (Wildman–Crippen MR) is 90.3 cm³/mol. The van der Waals surface area contributed by atoms with Crippen LogP contribution >= 0.6 is 0 Å². The zero-order chi connectivity index (χ0) is 15.7. The second kappa shape index (κ2) is 8.65. The van der Waals surface area contributed by atoms with E-state index in [9.17, 15) is 0 Å². The van der Waals surface area contributed by atoms with Gasteiger partial charge in [0.25, 0.3) is 0 Å². The summed E-state index contributed by atoms with van der Waals surface area (Å²) in [6, 6.07) is 12.2. The molecule has 0 spiro atoms. The van der Waals surface area contributed by atoms with Gasteiger partial charge in [-0.3, -0.25) is 4.98 Å². The van der Waals surface area contributed by atoms with Crippen molar-refractivity contribution < 1.29 is 9.47 Å². The number of nitrogens with zero attached hydrogens (tertiary/aromatic N) is 1. The van der Waals surface area contributed by atoms with Crippen LogP contribution in [-0.2, 0) is 17.9 Å². The molecule has 1 saturated heterocycles. The average molecular weight is 312 g/mol. The number of hydrogen-bond donors (Lipinski definition) is 1. The molecule has 2 aromatic rings. The molecule has 1 aliphatic rings. The summed E-state index contributed by atoms with van der Waals surface area (Å²) in [5.74, 6) is 1.57. The third-order valence-corrected chi connectivity index (χ3v) is 4.09. The van der Waals surface area contributed by atoms with E-state index in [2.05, 4.69) is 22.4 Å². The van der Waals surface area contributed by atoms with Gasteiger partial charge in [0.1, 0.15) is 12.4 Å². The van der Waals surface area contributed by atoms with E-state index in [4.69, 9.17) is 9.47 Å². The Balaban J connectivity index is 1.50. The minimum atomic E-state index is 0.543. The molecule has 1 atom stereocenters. The van der Waals surface area contributed by atoms with Crippen LogP contribution in [0, 0.1) is 5.92 Å². The maximum absolute atomic E-state index is 5.96. The second-order valence-electron chi connectivity index (χ2n) is 5.97. The summed E-state index contributed by atoms with van der Waals surface area (Å²) < 4.78 is 11.5. The van der Waals surface area contributed by atoms with Gasteiger partial charge in [-0.05, 0) is 30.9 Å². The van der Waals surface area contributed by atoms with Crippen LogP contribution in [0.25, 0.3) is 0 Å². The fourth-order valence-electron chi connectivity index (χ4n) is 2.81. The normalized spacial score (nSPS) is 17.8. The number of para-hydroxylation sites is 1. The third kappa shape index (κ3) is 5.05. The molecule has 0 bridgehead atoms. The molecule has 1 aromatic heterocycles. The summed E-state index contributed by atoms with van der Waals surface area (Å²) in [6.45, 7) is 4.16. The third-order valence-electron chi connectivity index (χ3n) is 4.09. The first-order valence-electron chi connectivity index (χ1n) is 8.30. The molecule has 23 heavy (non-hydrogen) atoms. The monoisotopic (exact) mass is 312 g/mol. The van der Waals surface area contributed by atoms with E-state index in [1.54, 1.807) is 6.20 Å². The molecule has 4 heteroatoms. The lowest BCUT2D eigenvalue weighted by molar-refractivity contribution is 0.0547. The van der Waals surface area contributed by atoms with Crippen molar-refractivity contribution in [1.29, 1.82) is 0 Å². The lowest BCUT2D eigenvalue weighted by Crippen LogP contribution is -2.29. The van der Waals surface area contributed by atoms with Crippen molar-refractivity contribution in [2.24, 2.45) is 5.92 Å². The molecule has 0 radical (unpaired) electrons. The van der Waals surface area contributed by atoms with E-state index in [1.807, 2.05) is 30.5 Å². The van der Waals surface area contributed by atoms with Crippen LogP contribution in [0.2, 0.25) is 0 Å². The first-order chi connectivity index (χ1) is 11.4. The Morgan fingerprint density at radius 1 is 1.22 bits per heavy atom. The second-order valence-corrected chi connectivity index (χ2v) is 5.97. The van der Waals surface area contributed by atoms with Crippen molar-refractivity contribution in [3.05, 3.63) is 59.9 Å². The largest absolute Gasteiger partial charge is 0.489 e. The van der Waals surface area contributed by atoms with Crippen LogP contribution in [0.1, 0.15) is 24.0 Å². The summed E-state index contributed by atoms with van der Waals surface area (Å²) in [7, 11) is 0. The maximum Gasteiger partial charge on any atom is 0.124 e. The molecule has 3 rings (SSSR count). The van der Waals surface area contributed by atoms with E-state index < -0.39 is 0 Å². The number of nitrogens with one attached hydrogen (secondary N) is 1. The van der Waals surface area contributed by atoms with Gasteiger partial charge in [0.2, 0.25) is 0 Å². The fraction of sp³-hybridized carbons (Fsp3) is 0.421. The smallest absolute Gasteiger partial charge is 0.124 e. The van der Waals surface area contributed by atoms with Gasteiger partial charge in [0.05, 0.1) is 6.61 Å². The number of ether oxygens (including phenoxy) is 2. The minimum absolute atomic E-state index is 0.543. The number of rotatable bonds is 7. The summed E-state index contributed by atoms with van der Waals surface area (Å²) >= 11 is 0. The molecule has 1 aliphatic heterocycles. The number of pyridine rings is 1. The van der Waals surface area contributed by atoms with Crippen molar-refractivity contribution in [3.8, 4) is 5.75 Å². The van der Waals surface area contributed by atoms with E-state index in [0.29, 0.717) is 12.5 Å². The zero-order valence-corrected chi connectivity index (χ0v) is 13.4. The summed E-state index contributed by atoms with van der Waals surface area (Å²) in [5, 5.41) is 3.54. The van der Waals surface area contributed by atoms with Crippen LogP contribution in [-0.4, -0.2) is 24.7 Å². The summed E-state index contributed by atoms with van der Waals surface area (Å²) in [6.07, 6.45) is 6.05. The van der Waals surface area contributed by atoms with E-state index in [-0.39, 0.29) is 0 Å². The Bertz CT molecular complexity index is 583. The molecule has 122 valence electrons. The SMILES string of the molecule is c1cncc(COc2ccccc2CNCC2CCCOC2)c1. The zero-order valence-electron chi connectivity index (χ0n) is 13.4. The van der Waals surface area contributed by atoms with Gasteiger partial charge >= 0.3 is 0 Å². The topological polar surface area (TPSA) is 43.4 Å². The molecule has 4 nitrogen and oxygen atoms in total. The van der Waals surface area contributed by atoms with Gasteiger partial charge in [-0.2, -0.15) is 0 Å². The van der Waals surface area contributed by atoms with Crippen LogP contribution in [0.5, 0.6) is 5.75 Å². The Labute approximate surface area is 137 Å². The lowest BCUT2D eigenvalue weighted by Gasteiger charge is -2.22. The molecule has 1 N–H and O–H groups in total. The van der Waals surface area contributed by atoms with Crippen LogP contribution in [0.3, 0.4) is 0 Å². The van der Waals surface area contributed by atoms with Crippen molar-refractivity contribution in [3.63, 3.8) is 0 Å². The van der Waals surface area contributed by atoms with Crippen molar-refractivity contribution in [2.75, 3.05) is 19.8 Å². The molecule has 0 amide bonds. The van der Waals surface area contributed by atoms with Gasteiger partial charge in [0.15, 0.2) is 0 Å². The molecular weight excluding hydrogens is 288 g/mol. The quantitative estimate of drug-likeness (QED) is 0.853. The molecule has 2 heterocycles. The average Bonchev–Trinajstić information content (AvgIpc) is 2.63. The number of benzene rings is 1. The highest BCUT2D eigenvalue weighted by molar-refractivity contribution is 5.33. The van der Waals surface area contributed by atoms with Crippen LogP contribution in [0.15, 0.2) is 48.8 Å². The van der Waals surface area contributed by atoms with Gasteiger partial charge in [-0.25, -0.2) is 0 Å². The summed E-state index contributed by atoms with van der Waals surface area (Å²) in [5.41, 5.74) is 2.27. The van der Waals surface area contributed by atoms with Gasteiger partial charge < -0.3 is 14.8 Å². The van der Waals surface area contributed by atoms with Crippen LogP contribution < -0.4 is 10.1 Å². The summed E-state index contributed by atoms with van der Waals surface area (Å²) in [4.78, 5) is 4.12. The van der Waals surface area contributed by atoms with Crippen molar-refractivity contribution >= 4 is 0 Å². The highest BCUT2D eigenvalue weighted by Gasteiger charge is 2.13. The standard InChI is InChI=1S/C19H24N2O2/c1-2-8-19(23-15-17-5-3-9-20-11-17)18(7-1)13-21-12-16-6-4-10-22-14-16/h1-3,5,7-9,11,16,21H,4,6,10,12-15H2. The van der Waals surface area contributed by atoms with Crippen LogP contribution in [0.4, 0.5) is 0 Å². The Morgan fingerprint density at radius 3 is 3.00 bits per heavy atom. The highest BCUT2D eigenvalue weighted by atomic mass is 16.5. The fourth-order valence-corrected chi connectivity index (χ4v) is 2.81. The number of hydrogen-bond acceptors (Lipinski definition) is 4. The number of aromatic nitrogens is 1. The Kier molecular flexibility index (Phi) is 6.01. The maximum atomic E-state index is 5.96. The Hall–Kier alpha value is -1.91. The molecule has 1 fully saturated rings. The van der Waals surface area contributed by atoms with Gasteiger partial charge in [0, 0.05) is 43.2 Å². The van der Waals surface area contributed by atoms with E-state index in [1.165, 1.54) is 18.4 Å². The predicted octanol–water partition coefficient (Wildman–Crippen LogP) is 3.18. The first kappa shape index (κ1) is 16.0. The molecular formula is C19H24N2O2. The van der Waals surface area contributed by atoms with Crippen molar-refractivity contribution in [1.82, 2.24) is 10.3 Å². The molecule has 0 aliphatic carbocycles. The molecule has 1 aromatic carbocycles. The van der Waals surface area contributed by atoms with E-state index >= 15 is 0 Å². The van der Waals surface area contributed by atoms with Gasteiger partial charge in [-0.15, -0.1) is 0 Å². The van der Waals surface area contributed by atoms with Gasteiger partial charge in [-0.1, -0.05) is 24.3 Å². The highest BCUT2D eigenvalue weighted by Crippen LogP contribution is 2.19. The first-order valence-corrected chi connectivity index (χ1v) is 8.30. The van der Waals surface area contributed by atoms with E-state index in [0.717, 1.165) is 37.6 Å². The molecule has 0 saturated carbocycles. The lowest BCUT2D eigenvalue weighted by atomic mass is 10.0. The van der Waals surface area contributed by atoms with Crippen molar-refractivity contribution in [2.45, 2.75) is 26.0 Å².